The molecule has 2 saturated heterocycles. The summed E-state index contributed by atoms with van der Waals surface area (Å²) in [5.41, 5.74) is 8.13. The van der Waals surface area contributed by atoms with E-state index in [4.69, 9.17) is 21.1 Å². The Bertz CT molecular complexity index is 1650. The zero-order valence-corrected chi connectivity index (χ0v) is 24.4. The maximum absolute atomic E-state index is 13.5. The number of fused-ring (bicyclic) bond motifs is 1. The molecular weight excluding hydrogens is 594 g/mol. The Balaban J connectivity index is 1.35. The molecule has 0 radical (unpaired) electrons. The van der Waals surface area contributed by atoms with Crippen LogP contribution < -0.4 is 26.9 Å². The number of amides is 1. The number of piperidine rings is 1. The largest absolute Gasteiger partial charge is 0.434 e. The number of carbonyl (C=O) groups excluding carboxylic acids is 1. The Morgan fingerprint density at radius 2 is 2.14 bits per heavy atom. The van der Waals surface area contributed by atoms with E-state index in [1.54, 1.807) is 59.8 Å². The topological polar surface area (TPSA) is 163 Å². The van der Waals surface area contributed by atoms with Gasteiger partial charge in [-0.3, -0.25) is 9.48 Å². The summed E-state index contributed by atoms with van der Waals surface area (Å²) in [6, 6.07) is 6.75. The molecule has 0 bridgehead atoms. The number of nitrogens with one attached hydrogen (secondary N) is 2. The molecule has 0 aliphatic carbocycles. The third-order valence-electron chi connectivity index (χ3n) is 7.26. The number of anilines is 1. The predicted octanol–water partition coefficient (Wildman–Crippen LogP) is 2.67. The lowest BCUT2D eigenvalue weighted by Gasteiger charge is -2.30. The van der Waals surface area contributed by atoms with E-state index in [-0.39, 0.29) is 46.1 Å². The maximum atomic E-state index is 13.5. The van der Waals surface area contributed by atoms with E-state index in [0.717, 1.165) is 30.8 Å². The highest BCUT2D eigenvalue weighted by atomic mass is 32.2. The first-order valence-corrected chi connectivity index (χ1v) is 14.9. The fourth-order valence-electron chi connectivity index (χ4n) is 5.04. The zero-order chi connectivity index (χ0) is 30.6. The molecule has 0 spiro atoms. The SMILES string of the molecule is N/C(=C\N(N)C1CCNCC1)Cn1cc(NC(=O)c2cnn3cccnc23)c(-c2cc(SC3COC3)ccc2OC(F)F)n1. The van der Waals surface area contributed by atoms with Crippen LogP contribution in [0.3, 0.4) is 0 Å². The molecular formula is C28H32F2N10O3S. The first kappa shape index (κ1) is 29.8. The van der Waals surface area contributed by atoms with E-state index in [0.29, 0.717) is 24.6 Å². The standard InChI is InChI=1S/C28H32F2N10O3S/c29-28(30)43-24-3-2-19(44-20-15-42-16-20)10-21(24)25-23(36-27(41)22-11-35-40-9-1-6-34-26(22)40)14-38(37-25)12-17(31)13-39(32)18-4-7-33-8-5-18/h1-3,6,9-11,13-14,18,20,28,33H,4-5,7-8,12,15-16,31-32H2,(H,36,41)/b17-13-. The van der Waals surface area contributed by atoms with Crippen LogP contribution in [-0.2, 0) is 11.3 Å². The molecule has 2 fully saturated rings. The summed E-state index contributed by atoms with van der Waals surface area (Å²) in [5.74, 6) is 5.69. The first-order valence-electron chi connectivity index (χ1n) is 14.0. The lowest BCUT2D eigenvalue weighted by Crippen LogP contribution is -2.44. The summed E-state index contributed by atoms with van der Waals surface area (Å²) in [7, 11) is 0. The minimum absolute atomic E-state index is 0.0878. The van der Waals surface area contributed by atoms with Crippen molar-refractivity contribution in [2.45, 2.75) is 42.2 Å². The Labute approximate surface area is 255 Å². The highest BCUT2D eigenvalue weighted by molar-refractivity contribution is 8.00. The number of rotatable bonds is 11. The molecule has 0 saturated carbocycles. The number of nitrogens with zero attached hydrogens (tertiary/aromatic N) is 6. The van der Waals surface area contributed by atoms with Gasteiger partial charge in [0.15, 0.2) is 5.65 Å². The van der Waals surface area contributed by atoms with Crippen LogP contribution >= 0.6 is 11.8 Å². The molecule has 0 atom stereocenters. The lowest BCUT2D eigenvalue weighted by molar-refractivity contribution is -0.0494. The van der Waals surface area contributed by atoms with Gasteiger partial charge in [-0.05, 0) is 50.2 Å². The normalized spacial score (nSPS) is 16.3. The second kappa shape index (κ2) is 13.2. The van der Waals surface area contributed by atoms with Crippen molar-refractivity contribution >= 4 is 29.0 Å². The van der Waals surface area contributed by atoms with Crippen LogP contribution in [0.1, 0.15) is 23.2 Å². The van der Waals surface area contributed by atoms with Crippen molar-refractivity contribution in [3.63, 3.8) is 0 Å². The molecule has 4 aromatic rings. The summed E-state index contributed by atoms with van der Waals surface area (Å²) in [4.78, 5) is 18.5. The number of carbonyl (C=O) groups is 1. The number of nitrogens with two attached hydrogens (primary N) is 2. The average Bonchev–Trinajstić information content (AvgIpc) is 3.59. The van der Waals surface area contributed by atoms with Crippen LogP contribution in [0.5, 0.6) is 5.75 Å². The van der Waals surface area contributed by atoms with Gasteiger partial charge < -0.3 is 30.8 Å². The number of alkyl halides is 2. The van der Waals surface area contributed by atoms with Gasteiger partial charge in [0.25, 0.3) is 5.91 Å². The number of benzene rings is 1. The molecule has 16 heteroatoms. The molecule has 44 heavy (non-hydrogen) atoms. The van der Waals surface area contributed by atoms with Crippen molar-refractivity contribution in [1.29, 1.82) is 0 Å². The molecule has 5 heterocycles. The maximum Gasteiger partial charge on any atom is 0.387 e. The van der Waals surface area contributed by atoms with Crippen LogP contribution in [0.4, 0.5) is 14.5 Å². The number of allylic oxidation sites excluding steroid dienone is 1. The summed E-state index contributed by atoms with van der Waals surface area (Å²) < 4.78 is 40.1. The van der Waals surface area contributed by atoms with Gasteiger partial charge in [0.1, 0.15) is 17.0 Å². The lowest BCUT2D eigenvalue weighted by atomic mass is 10.1. The minimum Gasteiger partial charge on any atom is -0.434 e. The van der Waals surface area contributed by atoms with Crippen molar-refractivity contribution in [3.8, 4) is 17.0 Å². The van der Waals surface area contributed by atoms with E-state index in [1.807, 2.05) is 0 Å². The van der Waals surface area contributed by atoms with Gasteiger partial charge in [-0.2, -0.15) is 19.0 Å². The van der Waals surface area contributed by atoms with Crippen LogP contribution in [0.25, 0.3) is 16.9 Å². The number of hydrazine groups is 1. The van der Waals surface area contributed by atoms with Gasteiger partial charge >= 0.3 is 6.61 Å². The molecule has 0 unspecified atom stereocenters. The average molecular weight is 627 g/mol. The number of thioether (sulfide) groups is 1. The van der Waals surface area contributed by atoms with Gasteiger partial charge in [-0.25, -0.2) is 15.3 Å². The van der Waals surface area contributed by atoms with Crippen molar-refractivity contribution in [2.24, 2.45) is 11.6 Å². The molecule has 3 aromatic heterocycles. The van der Waals surface area contributed by atoms with Gasteiger partial charge in [-0.1, -0.05) is 0 Å². The third-order valence-corrected chi connectivity index (χ3v) is 8.39. The Kier molecular flexibility index (Phi) is 8.92. The monoisotopic (exact) mass is 626 g/mol. The Hall–Kier alpha value is -4.25. The Morgan fingerprint density at radius 3 is 2.89 bits per heavy atom. The van der Waals surface area contributed by atoms with Crippen LogP contribution in [-0.4, -0.2) is 79.5 Å². The van der Waals surface area contributed by atoms with E-state index < -0.39 is 12.5 Å². The van der Waals surface area contributed by atoms with Crippen LogP contribution in [0, 0.1) is 0 Å². The molecule has 1 amide bonds. The second-order valence-corrected chi connectivity index (χ2v) is 11.8. The first-order chi connectivity index (χ1) is 21.3. The number of hydrogen-bond acceptors (Lipinski definition) is 11. The van der Waals surface area contributed by atoms with Gasteiger partial charge in [0.2, 0.25) is 0 Å². The van der Waals surface area contributed by atoms with E-state index in [9.17, 15) is 13.6 Å². The number of halogens is 2. The smallest absolute Gasteiger partial charge is 0.387 e. The highest BCUT2D eigenvalue weighted by Gasteiger charge is 2.25. The predicted molar refractivity (Wildman–Crippen MR) is 160 cm³/mol. The van der Waals surface area contributed by atoms with Gasteiger partial charge in [-0.15, -0.1) is 11.8 Å². The molecule has 232 valence electrons. The van der Waals surface area contributed by atoms with E-state index in [2.05, 4.69) is 25.8 Å². The molecule has 2 aliphatic heterocycles. The highest BCUT2D eigenvalue weighted by Crippen LogP contribution is 2.39. The Morgan fingerprint density at radius 1 is 1.32 bits per heavy atom. The van der Waals surface area contributed by atoms with Crippen LogP contribution in [0.15, 0.2) is 65.8 Å². The summed E-state index contributed by atoms with van der Waals surface area (Å²) in [5, 5.41) is 16.9. The van der Waals surface area contributed by atoms with Gasteiger partial charge in [0, 0.05) is 47.0 Å². The summed E-state index contributed by atoms with van der Waals surface area (Å²) in [6.45, 7) is -0.0117. The fraction of sp³-hybridized carbons (Fsp3) is 0.357. The third kappa shape index (κ3) is 6.77. The fourth-order valence-corrected chi connectivity index (χ4v) is 6.09. The van der Waals surface area contributed by atoms with E-state index >= 15 is 0 Å². The second-order valence-electron chi connectivity index (χ2n) is 10.4. The quantitative estimate of drug-likeness (QED) is 0.143. The molecule has 1 aromatic carbocycles. The van der Waals surface area contributed by atoms with Crippen LogP contribution in [0.2, 0.25) is 0 Å². The number of aromatic nitrogens is 5. The van der Waals surface area contributed by atoms with Crippen molar-refractivity contribution in [2.75, 3.05) is 31.6 Å². The molecule has 13 nitrogen and oxygen atoms in total. The van der Waals surface area contributed by atoms with Crippen molar-refractivity contribution in [1.82, 2.24) is 34.7 Å². The molecule has 6 rings (SSSR count). The van der Waals surface area contributed by atoms with Crippen molar-refractivity contribution in [3.05, 3.63) is 66.5 Å². The minimum atomic E-state index is -3.07. The van der Waals surface area contributed by atoms with E-state index in [1.165, 1.54) is 21.5 Å². The summed E-state index contributed by atoms with van der Waals surface area (Å²) >= 11 is 1.56. The van der Waals surface area contributed by atoms with Gasteiger partial charge in [0.05, 0.1) is 36.9 Å². The zero-order valence-electron chi connectivity index (χ0n) is 23.6. The number of ether oxygens (including phenoxy) is 2. The molecule has 2 aliphatic rings. The number of hydrogen-bond donors (Lipinski definition) is 4. The molecule has 6 N–H and O–H groups in total. The van der Waals surface area contributed by atoms with Crippen molar-refractivity contribution < 1.29 is 23.0 Å². The summed E-state index contributed by atoms with van der Waals surface area (Å²) in [6.07, 6.45) is 9.66.